The molecule has 0 aliphatic heterocycles. The van der Waals surface area contributed by atoms with E-state index in [-0.39, 0.29) is 0 Å². The van der Waals surface area contributed by atoms with Crippen molar-refractivity contribution in [2.45, 2.75) is 51.5 Å². The molecule has 0 N–H and O–H groups in total. The molecule has 0 radical (unpaired) electrons. The molecule has 3 rings (SSSR count). The molecular formula is C17H23ClN2O. The third kappa shape index (κ3) is 2.64. The zero-order valence-electron chi connectivity index (χ0n) is 12.8. The van der Waals surface area contributed by atoms with Gasteiger partial charge < -0.3 is 9.30 Å². The summed E-state index contributed by atoms with van der Waals surface area (Å²) < 4.78 is 8.10. The number of rotatable bonds is 4. The molecule has 1 aliphatic carbocycles. The molecule has 0 spiro atoms. The van der Waals surface area contributed by atoms with E-state index in [1.165, 1.54) is 25.7 Å². The van der Waals surface area contributed by atoms with Gasteiger partial charge in [-0.15, -0.1) is 11.6 Å². The molecule has 114 valence electrons. The number of imidazole rings is 1. The standard InChI is InChI=1S/C17H23ClN2O/c1-3-21-15-10-6-9-14-17(15)19-16(11-18)20(14)13-8-5-4-7-12(13)2/h6,9-10,12-13H,3-5,7-8,11H2,1-2H3. The minimum absolute atomic E-state index is 0.448. The highest BCUT2D eigenvalue weighted by Crippen LogP contribution is 2.38. The van der Waals surface area contributed by atoms with Crippen LogP contribution < -0.4 is 4.74 Å². The van der Waals surface area contributed by atoms with Gasteiger partial charge in [0.25, 0.3) is 0 Å². The normalized spacial score (nSPS) is 22.6. The summed E-state index contributed by atoms with van der Waals surface area (Å²) in [7, 11) is 0. The van der Waals surface area contributed by atoms with Crippen LogP contribution in [0.2, 0.25) is 0 Å². The van der Waals surface area contributed by atoms with Crippen molar-refractivity contribution in [1.29, 1.82) is 0 Å². The molecule has 1 heterocycles. The highest BCUT2D eigenvalue weighted by atomic mass is 35.5. The summed E-state index contributed by atoms with van der Waals surface area (Å²) in [6.45, 7) is 5.00. The van der Waals surface area contributed by atoms with E-state index in [0.29, 0.717) is 24.4 Å². The van der Waals surface area contributed by atoms with E-state index in [9.17, 15) is 0 Å². The summed E-state index contributed by atoms with van der Waals surface area (Å²) in [6, 6.07) is 6.69. The van der Waals surface area contributed by atoms with Crippen molar-refractivity contribution in [3.05, 3.63) is 24.0 Å². The molecule has 0 bridgehead atoms. The van der Waals surface area contributed by atoms with E-state index in [4.69, 9.17) is 21.3 Å². The quantitative estimate of drug-likeness (QED) is 0.749. The third-order valence-electron chi connectivity index (χ3n) is 4.57. The highest BCUT2D eigenvalue weighted by molar-refractivity contribution is 6.16. The molecule has 1 aromatic heterocycles. The first kappa shape index (κ1) is 14.7. The lowest BCUT2D eigenvalue weighted by Gasteiger charge is -2.31. The first-order valence-corrected chi connectivity index (χ1v) is 8.48. The number of hydrogen-bond acceptors (Lipinski definition) is 2. The first-order valence-electron chi connectivity index (χ1n) is 7.94. The van der Waals surface area contributed by atoms with Crippen LogP contribution in [0.1, 0.15) is 51.4 Å². The van der Waals surface area contributed by atoms with Crippen LogP contribution in [0, 0.1) is 5.92 Å². The summed E-state index contributed by atoms with van der Waals surface area (Å²) >= 11 is 6.18. The Hall–Kier alpha value is -1.22. The highest BCUT2D eigenvalue weighted by Gasteiger charge is 2.27. The number of halogens is 1. The van der Waals surface area contributed by atoms with Gasteiger partial charge in [0, 0.05) is 6.04 Å². The molecule has 3 nitrogen and oxygen atoms in total. The van der Waals surface area contributed by atoms with Crippen molar-refractivity contribution < 1.29 is 4.74 Å². The number of ether oxygens (including phenoxy) is 1. The van der Waals surface area contributed by atoms with E-state index < -0.39 is 0 Å². The van der Waals surface area contributed by atoms with Crippen LogP contribution in [-0.4, -0.2) is 16.2 Å². The van der Waals surface area contributed by atoms with E-state index in [1.54, 1.807) is 0 Å². The minimum atomic E-state index is 0.448. The van der Waals surface area contributed by atoms with Crippen molar-refractivity contribution in [2.24, 2.45) is 5.92 Å². The van der Waals surface area contributed by atoms with Crippen LogP contribution in [-0.2, 0) is 5.88 Å². The molecule has 1 saturated carbocycles. The average molecular weight is 307 g/mol. The maximum absolute atomic E-state index is 6.18. The number of benzene rings is 1. The van der Waals surface area contributed by atoms with E-state index >= 15 is 0 Å². The van der Waals surface area contributed by atoms with Crippen molar-refractivity contribution >= 4 is 22.6 Å². The number of fused-ring (bicyclic) bond motifs is 1. The van der Waals surface area contributed by atoms with Crippen LogP contribution >= 0.6 is 11.6 Å². The molecule has 1 aromatic carbocycles. The zero-order valence-corrected chi connectivity index (χ0v) is 13.6. The average Bonchev–Trinajstić information content (AvgIpc) is 2.88. The summed E-state index contributed by atoms with van der Waals surface area (Å²) in [4.78, 5) is 4.77. The van der Waals surface area contributed by atoms with Gasteiger partial charge in [0.2, 0.25) is 0 Å². The van der Waals surface area contributed by atoms with Gasteiger partial charge in [-0.2, -0.15) is 0 Å². The Balaban J connectivity index is 2.14. The number of aromatic nitrogens is 2. The smallest absolute Gasteiger partial charge is 0.147 e. The summed E-state index contributed by atoms with van der Waals surface area (Å²) in [5.41, 5.74) is 2.11. The predicted molar refractivity (Wildman–Crippen MR) is 87.1 cm³/mol. The molecule has 1 aliphatic rings. The van der Waals surface area contributed by atoms with Crippen LogP contribution in [0.4, 0.5) is 0 Å². The fourth-order valence-electron chi connectivity index (χ4n) is 3.56. The third-order valence-corrected chi connectivity index (χ3v) is 4.81. The molecule has 1 fully saturated rings. The van der Waals surface area contributed by atoms with Crippen molar-refractivity contribution in [1.82, 2.24) is 9.55 Å². The second kappa shape index (κ2) is 6.27. The van der Waals surface area contributed by atoms with E-state index in [1.807, 2.05) is 13.0 Å². The number of hydrogen-bond donors (Lipinski definition) is 0. The Bertz CT molecular complexity index is 623. The molecule has 4 heteroatoms. The van der Waals surface area contributed by atoms with Gasteiger partial charge in [-0.3, -0.25) is 0 Å². The lowest BCUT2D eigenvalue weighted by atomic mass is 9.85. The lowest BCUT2D eigenvalue weighted by molar-refractivity contribution is 0.258. The Morgan fingerprint density at radius 2 is 2.14 bits per heavy atom. The van der Waals surface area contributed by atoms with Gasteiger partial charge in [0.05, 0.1) is 18.0 Å². The largest absolute Gasteiger partial charge is 0.492 e. The molecule has 0 amide bonds. The fraction of sp³-hybridized carbons (Fsp3) is 0.588. The predicted octanol–water partition coefficient (Wildman–Crippen LogP) is 4.93. The summed E-state index contributed by atoms with van der Waals surface area (Å²) in [6.07, 6.45) is 5.14. The molecule has 2 aromatic rings. The van der Waals surface area contributed by atoms with Crippen LogP contribution in [0.3, 0.4) is 0 Å². The second-order valence-electron chi connectivity index (χ2n) is 5.92. The molecular weight excluding hydrogens is 284 g/mol. The summed E-state index contributed by atoms with van der Waals surface area (Å²) in [5, 5.41) is 0. The van der Waals surface area contributed by atoms with Gasteiger partial charge in [-0.1, -0.05) is 25.8 Å². The number of para-hydroxylation sites is 1. The topological polar surface area (TPSA) is 27.1 Å². The summed E-state index contributed by atoms with van der Waals surface area (Å²) in [5.74, 6) is 2.96. The second-order valence-corrected chi connectivity index (χ2v) is 6.18. The first-order chi connectivity index (χ1) is 10.3. The lowest BCUT2D eigenvalue weighted by Crippen LogP contribution is -2.22. The molecule has 21 heavy (non-hydrogen) atoms. The monoisotopic (exact) mass is 306 g/mol. The van der Waals surface area contributed by atoms with Crippen molar-refractivity contribution in [2.75, 3.05) is 6.61 Å². The Morgan fingerprint density at radius 3 is 2.86 bits per heavy atom. The van der Waals surface area contributed by atoms with Crippen molar-refractivity contribution in [3.63, 3.8) is 0 Å². The van der Waals surface area contributed by atoms with Gasteiger partial charge in [-0.25, -0.2) is 4.98 Å². The Labute approximate surface area is 131 Å². The van der Waals surface area contributed by atoms with Gasteiger partial charge >= 0.3 is 0 Å². The maximum atomic E-state index is 6.18. The number of nitrogens with zero attached hydrogens (tertiary/aromatic N) is 2. The number of alkyl halides is 1. The minimum Gasteiger partial charge on any atom is -0.492 e. The van der Waals surface area contributed by atoms with E-state index in [0.717, 1.165) is 22.6 Å². The molecule has 2 atom stereocenters. The Morgan fingerprint density at radius 1 is 1.33 bits per heavy atom. The fourth-order valence-corrected chi connectivity index (χ4v) is 3.74. The van der Waals surface area contributed by atoms with Crippen LogP contribution in [0.15, 0.2) is 18.2 Å². The van der Waals surface area contributed by atoms with E-state index in [2.05, 4.69) is 23.6 Å². The molecule has 2 unspecified atom stereocenters. The maximum Gasteiger partial charge on any atom is 0.147 e. The van der Waals surface area contributed by atoms with Gasteiger partial charge in [-0.05, 0) is 37.8 Å². The van der Waals surface area contributed by atoms with Gasteiger partial charge in [0.1, 0.15) is 17.1 Å². The SMILES string of the molecule is CCOc1cccc2c1nc(CCl)n2C1CCCCC1C. The van der Waals surface area contributed by atoms with Crippen LogP contribution in [0.25, 0.3) is 11.0 Å². The van der Waals surface area contributed by atoms with Crippen LogP contribution in [0.5, 0.6) is 5.75 Å². The van der Waals surface area contributed by atoms with Crippen molar-refractivity contribution in [3.8, 4) is 5.75 Å². The Kier molecular flexibility index (Phi) is 4.39. The molecule has 0 saturated heterocycles. The zero-order chi connectivity index (χ0) is 14.8. The van der Waals surface area contributed by atoms with Gasteiger partial charge in [0.15, 0.2) is 0 Å².